The fourth-order valence-electron chi connectivity index (χ4n) is 3.52. The second-order valence-corrected chi connectivity index (χ2v) is 6.83. The molecule has 0 atom stereocenters. The lowest BCUT2D eigenvalue weighted by Gasteiger charge is -2.14. The zero-order valence-electron chi connectivity index (χ0n) is 15.7. The number of Topliss-reactive ketones (excluding diaryl/α,β-unsaturated/α-hetero) is 1. The van der Waals surface area contributed by atoms with Gasteiger partial charge in [-0.05, 0) is 51.2 Å². The van der Waals surface area contributed by atoms with Crippen molar-refractivity contribution in [3.63, 3.8) is 0 Å². The number of hydrogen-bond acceptors (Lipinski definition) is 5. The zero-order valence-corrected chi connectivity index (χ0v) is 15.7. The highest BCUT2D eigenvalue weighted by molar-refractivity contribution is 5.99. The molecular weight excluding hydrogens is 344 g/mol. The minimum atomic E-state index is 0.0872. The summed E-state index contributed by atoms with van der Waals surface area (Å²) in [7, 11) is 1.91. The highest BCUT2D eigenvalue weighted by atomic mass is 16.7. The van der Waals surface area contributed by atoms with Crippen molar-refractivity contribution >= 4 is 5.78 Å². The summed E-state index contributed by atoms with van der Waals surface area (Å²) in [5.74, 6) is 2.41. The molecule has 6 heteroatoms. The highest BCUT2D eigenvalue weighted by Crippen LogP contribution is 2.34. The minimum absolute atomic E-state index is 0.0872. The van der Waals surface area contributed by atoms with E-state index in [1.54, 1.807) is 6.26 Å². The molecule has 1 aliphatic rings. The first-order chi connectivity index (χ1) is 13.0. The Labute approximate surface area is 157 Å². The number of ether oxygens (including phenoxy) is 2. The summed E-state index contributed by atoms with van der Waals surface area (Å²) in [6.07, 6.45) is 1.64. The molecule has 2 aromatic heterocycles. The maximum absolute atomic E-state index is 12.9. The van der Waals surface area contributed by atoms with Crippen molar-refractivity contribution in [2.45, 2.75) is 20.4 Å². The zero-order chi connectivity index (χ0) is 19.0. The summed E-state index contributed by atoms with van der Waals surface area (Å²) in [4.78, 5) is 14.8. The van der Waals surface area contributed by atoms with Crippen LogP contribution in [0.4, 0.5) is 0 Å². The molecule has 3 aromatic rings. The van der Waals surface area contributed by atoms with E-state index in [-0.39, 0.29) is 12.6 Å². The maximum atomic E-state index is 12.9. The average Bonchev–Trinajstić information content (AvgIpc) is 3.35. The van der Waals surface area contributed by atoms with Crippen LogP contribution in [0.1, 0.15) is 27.5 Å². The molecule has 27 heavy (non-hydrogen) atoms. The van der Waals surface area contributed by atoms with Crippen LogP contribution in [0.15, 0.2) is 47.1 Å². The molecule has 0 bridgehead atoms. The largest absolute Gasteiger partial charge is 0.468 e. The van der Waals surface area contributed by atoms with E-state index in [4.69, 9.17) is 13.9 Å². The Morgan fingerprint density at radius 1 is 1.15 bits per heavy atom. The van der Waals surface area contributed by atoms with Gasteiger partial charge in [-0.3, -0.25) is 9.69 Å². The monoisotopic (exact) mass is 366 g/mol. The number of ketones is 1. The van der Waals surface area contributed by atoms with Crippen molar-refractivity contribution in [3.8, 4) is 17.2 Å². The van der Waals surface area contributed by atoms with Crippen LogP contribution in [0, 0.1) is 13.8 Å². The van der Waals surface area contributed by atoms with Gasteiger partial charge in [0.05, 0.1) is 19.4 Å². The number of nitrogens with zero attached hydrogens (tertiary/aromatic N) is 2. The predicted molar refractivity (Wildman–Crippen MR) is 101 cm³/mol. The van der Waals surface area contributed by atoms with E-state index in [1.807, 2.05) is 62.2 Å². The van der Waals surface area contributed by atoms with E-state index in [2.05, 4.69) is 4.57 Å². The molecule has 6 nitrogen and oxygen atoms in total. The minimum Gasteiger partial charge on any atom is -0.468 e. The van der Waals surface area contributed by atoms with E-state index >= 15 is 0 Å². The number of carbonyl (C=O) groups excluding carboxylic acids is 1. The number of carbonyl (C=O) groups is 1. The van der Waals surface area contributed by atoms with Crippen molar-refractivity contribution < 1.29 is 18.7 Å². The third-order valence-electron chi connectivity index (χ3n) is 4.77. The molecule has 0 aliphatic carbocycles. The van der Waals surface area contributed by atoms with Gasteiger partial charge < -0.3 is 18.5 Å². The number of aromatic nitrogens is 1. The normalized spacial score (nSPS) is 12.7. The van der Waals surface area contributed by atoms with Crippen LogP contribution in [0.5, 0.6) is 11.5 Å². The first kappa shape index (κ1) is 17.4. The van der Waals surface area contributed by atoms with Crippen molar-refractivity contribution in [1.82, 2.24) is 9.47 Å². The first-order valence-corrected chi connectivity index (χ1v) is 8.86. The van der Waals surface area contributed by atoms with E-state index < -0.39 is 0 Å². The van der Waals surface area contributed by atoms with Gasteiger partial charge in [-0.25, -0.2) is 0 Å². The summed E-state index contributed by atoms with van der Waals surface area (Å²) in [6.45, 7) is 5.14. The molecule has 4 rings (SSSR count). The lowest BCUT2D eigenvalue weighted by atomic mass is 10.1. The van der Waals surface area contributed by atoms with E-state index in [9.17, 15) is 4.79 Å². The maximum Gasteiger partial charge on any atom is 0.231 e. The molecule has 0 fully saturated rings. The quantitative estimate of drug-likeness (QED) is 0.622. The van der Waals surface area contributed by atoms with Crippen LogP contribution in [-0.4, -0.2) is 35.6 Å². The Bertz CT molecular complexity index is 972. The Balaban J connectivity index is 1.56. The van der Waals surface area contributed by atoms with Gasteiger partial charge in [-0.15, -0.1) is 0 Å². The summed E-state index contributed by atoms with van der Waals surface area (Å²) in [5, 5.41) is 0. The van der Waals surface area contributed by atoms with E-state index in [0.717, 1.165) is 39.9 Å². The van der Waals surface area contributed by atoms with Gasteiger partial charge >= 0.3 is 0 Å². The number of aryl methyl sites for hydroxylation is 1. The number of hydrogen-bond donors (Lipinski definition) is 0. The van der Waals surface area contributed by atoms with Gasteiger partial charge in [-0.1, -0.05) is 0 Å². The molecule has 0 radical (unpaired) electrons. The topological polar surface area (TPSA) is 56.8 Å². The Hall–Kier alpha value is -2.99. The summed E-state index contributed by atoms with van der Waals surface area (Å²) in [5.41, 5.74) is 3.61. The van der Waals surface area contributed by atoms with Gasteiger partial charge in [0, 0.05) is 28.7 Å². The lowest BCUT2D eigenvalue weighted by molar-refractivity contribution is 0.0939. The van der Waals surface area contributed by atoms with Crippen LogP contribution in [0.25, 0.3) is 5.69 Å². The van der Waals surface area contributed by atoms with E-state index in [1.165, 1.54) is 0 Å². The lowest BCUT2D eigenvalue weighted by Crippen LogP contribution is -2.25. The van der Waals surface area contributed by atoms with Crippen molar-refractivity contribution in [1.29, 1.82) is 0 Å². The van der Waals surface area contributed by atoms with Crippen molar-refractivity contribution in [2.24, 2.45) is 0 Å². The summed E-state index contributed by atoms with van der Waals surface area (Å²) < 4.78 is 18.3. The van der Waals surface area contributed by atoms with Gasteiger partial charge in [0.15, 0.2) is 17.3 Å². The number of furan rings is 1. The molecule has 0 N–H and O–H groups in total. The van der Waals surface area contributed by atoms with Crippen LogP contribution >= 0.6 is 0 Å². The SMILES string of the molecule is Cc1cc(C(=O)CN(C)Cc2ccco2)c(C)n1-c1ccc2c(c1)OCO2. The molecule has 0 spiro atoms. The van der Waals surface area contributed by atoms with Crippen molar-refractivity contribution in [3.05, 3.63) is 65.4 Å². The smallest absolute Gasteiger partial charge is 0.231 e. The fraction of sp³-hybridized carbons (Fsp3) is 0.286. The Morgan fingerprint density at radius 2 is 1.96 bits per heavy atom. The molecule has 140 valence electrons. The number of benzene rings is 1. The second kappa shape index (κ2) is 6.96. The molecule has 0 saturated carbocycles. The standard InChI is InChI=1S/C21H22N2O4/c1-14-9-18(19(24)12-22(3)11-17-5-4-8-25-17)15(2)23(14)16-6-7-20-21(10-16)27-13-26-20/h4-10H,11-13H2,1-3H3. The molecule has 0 saturated heterocycles. The Morgan fingerprint density at radius 3 is 2.74 bits per heavy atom. The number of likely N-dealkylation sites (N-methyl/N-ethyl adjacent to an activating group) is 1. The first-order valence-electron chi connectivity index (χ1n) is 8.86. The highest BCUT2D eigenvalue weighted by Gasteiger charge is 2.20. The van der Waals surface area contributed by atoms with Gasteiger partial charge in [0.2, 0.25) is 6.79 Å². The van der Waals surface area contributed by atoms with Crippen LogP contribution in [0.3, 0.4) is 0 Å². The number of rotatable bonds is 6. The molecule has 0 unspecified atom stereocenters. The van der Waals surface area contributed by atoms with Crippen molar-refractivity contribution in [2.75, 3.05) is 20.4 Å². The van der Waals surface area contributed by atoms with Gasteiger partial charge in [0.25, 0.3) is 0 Å². The number of fused-ring (bicyclic) bond motifs is 1. The molecule has 1 aromatic carbocycles. The molecule has 1 aliphatic heterocycles. The van der Waals surface area contributed by atoms with E-state index in [0.29, 0.717) is 13.1 Å². The van der Waals surface area contributed by atoms with Gasteiger partial charge in [0.1, 0.15) is 5.76 Å². The third kappa shape index (κ3) is 3.36. The summed E-state index contributed by atoms with van der Waals surface area (Å²) >= 11 is 0. The van der Waals surface area contributed by atoms with Gasteiger partial charge in [-0.2, -0.15) is 0 Å². The molecule has 3 heterocycles. The third-order valence-corrected chi connectivity index (χ3v) is 4.77. The Kier molecular flexibility index (Phi) is 4.49. The van der Waals surface area contributed by atoms with Crippen LogP contribution < -0.4 is 9.47 Å². The average molecular weight is 366 g/mol. The summed E-state index contributed by atoms with van der Waals surface area (Å²) in [6, 6.07) is 11.5. The van der Waals surface area contributed by atoms with Crippen LogP contribution in [0.2, 0.25) is 0 Å². The molecule has 0 amide bonds. The second-order valence-electron chi connectivity index (χ2n) is 6.83. The molecular formula is C21H22N2O4. The fourth-order valence-corrected chi connectivity index (χ4v) is 3.52. The van der Waals surface area contributed by atoms with Crippen LogP contribution in [-0.2, 0) is 6.54 Å². The predicted octanol–water partition coefficient (Wildman–Crippen LogP) is 3.73.